The van der Waals surface area contributed by atoms with Crippen LogP contribution in [-0.4, -0.2) is 49.7 Å². The SMILES string of the molecule is COc1cc(/C=N/N2CCOCC2)cc(Cl)c1O. The van der Waals surface area contributed by atoms with Crippen molar-refractivity contribution in [1.82, 2.24) is 5.01 Å². The maximum Gasteiger partial charge on any atom is 0.176 e. The fourth-order valence-electron chi connectivity index (χ4n) is 1.64. The predicted molar refractivity (Wildman–Crippen MR) is 69.7 cm³/mol. The van der Waals surface area contributed by atoms with E-state index in [0.29, 0.717) is 19.0 Å². The number of aromatic hydroxyl groups is 1. The Bertz CT molecular complexity index is 445. The Morgan fingerprint density at radius 1 is 1.44 bits per heavy atom. The molecule has 5 nitrogen and oxygen atoms in total. The van der Waals surface area contributed by atoms with E-state index < -0.39 is 0 Å². The van der Waals surface area contributed by atoms with E-state index in [0.717, 1.165) is 18.7 Å². The van der Waals surface area contributed by atoms with Crippen LogP contribution in [0.4, 0.5) is 0 Å². The number of hydrogen-bond acceptors (Lipinski definition) is 5. The first kappa shape index (κ1) is 13.0. The van der Waals surface area contributed by atoms with E-state index in [1.165, 1.54) is 7.11 Å². The Morgan fingerprint density at radius 3 is 2.83 bits per heavy atom. The van der Waals surface area contributed by atoms with Crippen LogP contribution in [0.15, 0.2) is 17.2 Å². The summed E-state index contributed by atoms with van der Waals surface area (Å²) < 4.78 is 10.3. The Labute approximate surface area is 111 Å². The number of phenolic OH excluding ortho intramolecular Hbond substituents is 1. The first-order chi connectivity index (χ1) is 8.70. The fraction of sp³-hybridized carbons (Fsp3) is 0.417. The quantitative estimate of drug-likeness (QED) is 0.850. The number of hydrogen-bond donors (Lipinski definition) is 1. The number of hydrazone groups is 1. The van der Waals surface area contributed by atoms with Gasteiger partial charge in [0, 0.05) is 0 Å². The van der Waals surface area contributed by atoms with E-state index in [1.807, 2.05) is 5.01 Å². The van der Waals surface area contributed by atoms with Crippen LogP contribution in [-0.2, 0) is 4.74 Å². The molecule has 0 spiro atoms. The van der Waals surface area contributed by atoms with Crippen LogP contribution >= 0.6 is 11.6 Å². The van der Waals surface area contributed by atoms with Crippen molar-refractivity contribution in [2.45, 2.75) is 0 Å². The third kappa shape index (κ3) is 3.05. The zero-order valence-electron chi connectivity index (χ0n) is 10.1. The van der Waals surface area contributed by atoms with Gasteiger partial charge in [0.25, 0.3) is 0 Å². The monoisotopic (exact) mass is 270 g/mol. The highest BCUT2D eigenvalue weighted by molar-refractivity contribution is 6.32. The highest BCUT2D eigenvalue weighted by Crippen LogP contribution is 2.34. The maximum absolute atomic E-state index is 9.61. The number of rotatable bonds is 3. The highest BCUT2D eigenvalue weighted by atomic mass is 35.5. The van der Waals surface area contributed by atoms with Gasteiger partial charge in [0.15, 0.2) is 11.5 Å². The summed E-state index contributed by atoms with van der Waals surface area (Å²) in [5.41, 5.74) is 0.779. The zero-order valence-corrected chi connectivity index (χ0v) is 10.9. The number of methoxy groups -OCH3 is 1. The standard InChI is InChI=1S/C12H15ClN2O3/c1-17-11-7-9(6-10(13)12(11)16)8-14-15-2-4-18-5-3-15/h6-8,16H,2-5H2,1H3/b14-8+. The Hall–Kier alpha value is -1.46. The van der Waals surface area contributed by atoms with E-state index >= 15 is 0 Å². The minimum Gasteiger partial charge on any atom is -0.503 e. The minimum absolute atomic E-state index is 0.0531. The number of phenols is 1. The molecule has 0 saturated carbocycles. The van der Waals surface area contributed by atoms with Crippen LogP contribution in [0.2, 0.25) is 5.02 Å². The molecule has 1 heterocycles. The molecule has 1 aliphatic heterocycles. The van der Waals surface area contributed by atoms with E-state index in [1.54, 1.807) is 18.3 Å². The summed E-state index contributed by atoms with van der Waals surface area (Å²) in [5, 5.41) is 16.1. The molecule has 1 aromatic carbocycles. The average molecular weight is 271 g/mol. The Kier molecular flexibility index (Phi) is 4.28. The molecule has 1 aromatic rings. The van der Waals surface area contributed by atoms with E-state index in [2.05, 4.69) is 5.10 Å². The molecule has 98 valence electrons. The number of halogens is 1. The van der Waals surface area contributed by atoms with Gasteiger partial charge in [-0.25, -0.2) is 0 Å². The molecule has 1 aliphatic rings. The molecule has 0 amide bonds. The molecule has 1 saturated heterocycles. The second-order valence-corrected chi connectivity index (χ2v) is 4.27. The van der Waals surface area contributed by atoms with Gasteiger partial charge in [-0.1, -0.05) is 11.6 Å². The number of morpholine rings is 1. The van der Waals surface area contributed by atoms with Gasteiger partial charge >= 0.3 is 0 Å². The summed E-state index contributed by atoms with van der Waals surface area (Å²) in [6.07, 6.45) is 1.69. The molecule has 1 N–H and O–H groups in total. The first-order valence-electron chi connectivity index (χ1n) is 5.64. The molecule has 0 aromatic heterocycles. The number of nitrogens with zero attached hydrogens (tertiary/aromatic N) is 2. The van der Waals surface area contributed by atoms with Crippen molar-refractivity contribution in [3.63, 3.8) is 0 Å². The van der Waals surface area contributed by atoms with Crippen molar-refractivity contribution in [3.8, 4) is 11.5 Å². The lowest BCUT2D eigenvalue weighted by molar-refractivity contribution is 0.0397. The van der Waals surface area contributed by atoms with Gasteiger partial charge < -0.3 is 14.6 Å². The lowest BCUT2D eigenvalue weighted by Gasteiger charge is -2.23. The van der Waals surface area contributed by atoms with Crippen LogP contribution in [0, 0.1) is 0 Å². The third-order valence-corrected chi connectivity index (χ3v) is 2.92. The summed E-state index contributed by atoms with van der Waals surface area (Å²) in [6, 6.07) is 3.33. The molecule has 2 rings (SSSR count). The van der Waals surface area contributed by atoms with Crippen LogP contribution < -0.4 is 4.74 Å². The highest BCUT2D eigenvalue weighted by Gasteiger charge is 2.09. The topological polar surface area (TPSA) is 54.3 Å². The Balaban J connectivity index is 2.13. The summed E-state index contributed by atoms with van der Waals surface area (Å²) in [7, 11) is 1.48. The molecule has 1 fully saturated rings. The van der Waals surface area contributed by atoms with Gasteiger partial charge in [-0.05, 0) is 17.7 Å². The van der Waals surface area contributed by atoms with Crippen LogP contribution in [0.1, 0.15) is 5.56 Å². The molecule has 0 radical (unpaired) electrons. The van der Waals surface area contributed by atoms with E-state index in [4.69, 9.17) is 21.1 Å². The van der Waals surface area contributed by atoms with Crippen molar-refractivity contribution in [1.29, 1.82) is 0 Å². The third-order valence-electron chi connectivity index (χ3n) is 2.63. The van der Waals surface area contributed by atoms with Gasteiger partial charge in [0.2, 0.25) is 0 Å². The van der Waals surface area contributed by atoms with Gasteiger partial charge in [-0.15, -0.1) is 0 Å². The van der Waals surface area contributed by atoms with Crippen molar-refractivity contribution < 1.29 is 14.6 Å². The van der Waals surface area contributed by atoms with Crippen molar-refractivity contribution in [2.24, 2.45) is 5.10 Å². The van der Waals surface area contributed by atoms with E-state index in [9.17, 15) is 5.11 Å². The van der Waals surface area contributed by atoms with Crippen molar-refractivity contribution in [3.05, 3.63) is 22.7 Å². The largest absolute Gasteiger partial charge is 0.503 e. The van der Waals surface area contributed by atoms with Crippen molar-refractivity contribution in [2.75, 3.05) is 33.4 Å². The lowest BCUT2D eigenvalue weighted by atomic mass is 10.2. The van der Waals surface area contributed by atoms with Crippen molar-refractivity contribution >= 4 is 17.8 Å². The second-order valence-electron chi connectivity index (χ2n) is 3.86. The number of ether oxygens (including phenoxy) is 2. The summed E-state index contributed by atoms with van der Waals surface area (Å²) in [6.45, 7) is 2.94. The molecular formula is C12H15ClN2O3. The predicted octanol–water partition coefficient (Wildman–Crippen LogP) is 1.72. The average Bonchev–Trinajstić information content (AvgIpc) is 2.41. The molecule has 18 heavy (non-hydrogen) atoms. The van der Waals surface area contributed by atoms with Crippen LogP contribution in [0.25, 0.3) is 0 Å². The second kappa shape index (κ2) is 5.93. The summed E-state index contributed by atoms with van der Waals surface area (Å²) in [5.74, 6) is 0.286. The summed E-state index contributed by atoms with van der Waals surface area (Å²) >= 11 is 5.89. The normalized spacial score (nSPS) is 16.2. The first-order valence-corrected chi connectivity index (χ1v) is 6.01. The van der Waals surface area contributed by atoms with Gasteiger partial charge in [-0.2, -0.15) is 5.10 Å². The summed E-state index contributed by atoms with van der Waals surface area (Å²) in [4.78, 5) is 0. The minimum atomic E-state index is -0.0531. The fourth-order valence-corrected chi connectivity index (χ4v) is 1.86. The van der Waals surface area contributed by atoms with Gasteiger partial charge in [0.1, 0.15) is 0 Å². The Morgan fingerprint density at radius 2 is 2.17 bits per heavy atom. The number of benzene rings is 1. The van der Waals surface area contributed by atoms with E-state index in [-0.39, 0.29) is 10.8 Å². The lowest BCUT2D eigenvalue weighted by Crippen LogP contribution is -2.32. The zero-order chi connectivity index (χ0) is 13.0. The van der Waals surface area contributed by atoms with Crippen LogP contribution in [0.5, 0.6) is 11.5 Å². The van der Waals surface area contributed by atoms with Crippen LogP contribution in [0.3, 0.4) is 0 Å². The van der Waals surface area contributed by atoms with Gasteiger partial charge in [-0.3, -0.25) is 5.01 Å². The van der Waals surface area contributed by atoms with Gasteiger partial charge in [0.05, 0.1) is 44.7 Å². The molecule has 0 bridgehead atoms. The molecule has 0 atom stereocenters. The molecular weight excluding hydrogens is 256 g/mol. The molecule has 0 aliphatic carbocycles. The molecule has 6 heteroatoms. The smallest absolute Gasteiger partial charge is 0.176 e. The maximum atomic E-state index is 9.61. The molecule has 0 unspecified atom stereocenters.